The van der Waals surface area contributed by atoms with Crippen molar-refractivity contribution in [1.82, 2.24) is 20.7 Å². The van der Waals surface area contributed by atoms with Crippen LogP contribution in [0.5, 0.6) is 0 Å². The van der Waals surface area contributed by atoms with Gasteiger partial charge in [-0.05, 0) is 41.9 Å². The van der Waals surface area contributed by atoms with Crippen LogP contribution in [-0.4, -0.2) is 145 Å². The molecule has 0 heterocycles. The third kappa shape index (κ3) is 438. The van der Waals surface area contributed by atoms with E-state index in [0.717, 1.165) is 32.1 Å². The zero-order chi connectivity index (χ0) is 41.8. The summed E-state index contributed by atoms with van der Waals surface area (Å²) in [5.41, 5.74) is 1.38. The number of nitrogens with one attached hydrogen (secondary N) is 4. The first-order valence-corrected chi connectivity index (χ1v) is 19.1. The number of sulfonamides is 1. The van der Waals surface area contributed by atoms with Crippen molar-refractivity contribution in [3.63, 3.8) is 0 Å². The quantitative estimate of drug-likeness (QED) is 0.168. The minimum Gasteiger partial charge on any atom is -0.469 e. The van der Waals surface area contributed by atoms with Gasteiger partial charge in [-0.25, -0.2) is 21.6 Å². The molecule has 0 saturated carbocycles. The Morgan fingerprint density at radius 3 is 0.667 bits per heavy atom. The molecule has 298 valence electrons. The highest BCUT2D eigenvalue weighted by Gasteiger charge is 1.90. The van der Waals surface area contributed by atoms with Gasteiger partial charge < -0.3 is 30.2 Å². The van der Waals surface area contributed by atoms with E-state index in [0.29, 0.717) is 0 Å². The maximum atomic E-state index is 9.89. The van der Waals surface area contributed by atoms with Crippen LogP contribution in [0, 0.1) is 0 Å². The molecule has 21 heteroatoms. The molecule has 0 aromatic carbocycles. The van der Waals surface area contributed by atoms with Crippen LogP contribution in [0.15, 0.2) is 11.6 Å². The largest absolute Gasteiger partial charge is 0.469 e. The number of sulfone groups is 1. The number of hydrogen-bond acceptors (Lipinski definition) is 15. The van der Waals surface area contributed by atoms with Gasteiger partial charge in [0.15, 0.2) is 0 Å². The van der Waals surface area contributed by atoms with Crippen LogP contribution >= 0.6 is 0 Å². The number of methoxy groups -OCH3 is 3. The average Bonchev–Trinajstić information content (AvgIpc) is 2.94. The van der Waals surface area contributed by atoms with Gasteiger partial charge in [-0.15, -0.1) is 0 Å². The third-order valence-electron chi connectivity index (χ3n) is 2.53. The summed E-state index contributed by atoms with van der Waals surface area (Å²) in [7, 11) is 6.65. The number of ether oxygens (including phenoxy) is 3. The number of rotatable bonds is 2. The molecule has 0 aromatic heterocycles. The molecule has 4 N–H and O–H groups in total. The smallest absolute Gasteiger partial charge is 0.302 e. The molecule has 0 aliphatic rings. The van der Waals surface area contributed by atoms with Gasteiger partial charge >= 0.3 is 11.9 Å². The van der Waals surface area contributed by atoms with Gasteiger partial charge in [0.1, 0.15) is 9.84 Å². The predicted octanol–water partition coefficient (Wildman–Crippen LogP) is 0.353. The summed E-state index contributed by atoms with van der Waals surface area (Å²) >= 11 is 0. The highest BCUT2D eigenvalue weighted by atomic mass is 32.2. The van der Waals surface area contributed by atoms with E-state index >= 15 is 0 Å². The topological polar surface area (TPSA) is 256 Å². The summed E-state index contributed by atoms with van der Waals surface area (Å²) in [5, 5.41) is 7.53. The van der Waals surface area contributed by atoms with Crippen molar-refractivity contribution in [3.8, 4) is 0 Å². The molecule has 18 nitrogen and oxygen atoms in total. The van der Waals surface area contributed by atoms with Crippen LogP contribution in [-0.2, 0) is 67.6 Å². The highest BCUT2D eigenvalue weighted by molar-refractivity contribution is 7.90. The van der Waals surface area contributed by atoms with Crippen LogP contribution in [0.1, 0.15) is 48.5 Å². The van der Waals surface area contributed by atoms with E-state index in [1.807, 2.05) is 21.0 Å². The monoisotopic (exact) mass is 768 g/mol. The van der Waals surface area contributed by atoms with E-state index in [1.54, 1.807) is 28.3 Å². The molecule has 0 atom stereocenters. The molecule has 0 unspecified atom stereocenters. The Balaban J connectivity index is -0.0000000420. The second-order valence-electron chi connectivity index (χ2n) is 8.27. The molecular formula is C27H68N4O14S3. The second kappa shape index (κ2) is 53.8. The van der Waals surface area contributed by atoms with Gasteiger partial charge in [0.25, 0.3) is 10.1 Å². The lowest BCUT2D eigenvalue weighted by atomic mass is 10.3. The van der Waals surface area contributed by atoms with Gasteiger partial charge in [0.2, 0.25) is 21.8 Å². The summed E-state index contributed by atoms with van der Waals surface area (Å²) in [6.45, 7) is 11.9. The molecule has 48 heavy (non-hydrogen) atoms. The van der Waals surface area contributed by atoms with E-state index in [2.05, 4.69) is 59.0 Å². The van der Waals surface area contributed by atoms with Crippen molar-refractivity contribution in [2.45, 2.75) is 48.5 Å². The highest BCUT2D eigenvalue weighted by Crippen LogP contribution is 1.82. The van der Waals surface area contributed by atoms with Gasteiger partial charge in [-0.2, -0.15) is 8.42 Å². The average molecular weight is 769 g/mol. The number of carbonyl (C=O) groups excluding carboxylic acids is 4. The third-order valence-corrected chi connectivity index (χ3v) is 3.88. The molecule has 0 spiro atoms. The van der Waals surface area contributed by atoms with E-state index in [4.69, 9.17) is 0 Å². The molecule has 0 aromatic rings. The first kappa shape index (κ1) is 71.4. The van der Waals surface area contributed by atoms with Gasteiger partial charge in [-0.1, -0.05) is 11.6 Å². The maximum Gasteiger partial charge on any atom is 0.302 e. The van der Waals surface area contributed by atoms with Gasteiger partial charge in [-0.3, -0.25) is 23.4 Å². The Morgan fingerprint density at radius 2 is 0.667 bits per heavy atom. The van der Waals surface area contributed by atoms with Crippen LogP contribution in [0.2, 0.25) is 0 Å². The van der Waals surface area contributed by atoms with Crippen molar-refractivity contribution in [1.29, 1.82) is 0 Å². The molecule has 0 radical (unpaired) electrons. The summed E-state index contributed by atoms with van der Waals surface area (Å²) in [5.74, 6) is -0.481. The fourth-order valence-electron chi connectivity index (χ4n) is 0. The van der Waals surface area contributed by atoms with Gasteiger partial charge in [0, 0.05) is 68.5 Å². The molecular weight excluding hydrogens is 701 g/mol. The van der Waals surface area contributed by atoms with Crippen LogP contribution in [0.3, 0.4) is 0 Å². The minimum absolute atomic E-state index is 0.00463. The molecule has 0 bridgehead atoms. The Bertz CT molecular complexity index is 961. The van der Waals surface area contributed by atoms with Crippen molar-refractivity contribution in [2.75, 3.05) is 95.8 Å². The molecule has 0 fully saturated rings. The van der Waals surface area contributed by atoms with Crippen molar-refractivity contribution in [2.24, 2.45) is 0 Å². The van der Waals surface area contributed by atoms with Crippen molar-refractivity contribution >= 4 is 53.7 Å². The SMILES string of the molecule is CC=C(C)C.CNC.CNC(C)=O.CNC(C)=O.CNS(C)(=O)=O.COC.COC(C)=O.COC(C)=O.COS(C)(=O)=O.CS(C)(=O)=O. The Kier molecular flexibility index (Phi) is 80.0. The first-order valence-electron chi connectivity index (χ1n) is 13.1. The Morgan fingerprint density at radius 1 is 0.562 bits per heavy atom. The minimum atomic E-state index is -3.16. The fraction of sp³-hybridized carbons (Fsp3) is 0.778. The Labute approximate surface area is 292 Å². The summed E-state index contributed by atoms with van der Waals surface area (Å²) in [6.07, 6.45) is 6.50. The predicted molar refractivity (Wildman–Crippen MR) is 194 cm³/mol. The number of hydrogen-bond donors (Lipinski definition) is 4. The van der Waals surface area contributed by atoms with E-state index in [9.17, 15) is 44.4 Å². The summed E-state index contributed by atoms with van der Waals surface area (Å²) in [4.78, 5) is 38.6. The zero-order valence-corrected chi connectivity index (χ0v) is 35.5. The molecule has 0 aliphatic carbocycles. The number of amides is 2. The van der Waals surface area contributed by atoms with E-state index in [-0.39, 0.29) is 23.8 Å². The van der Waals surface area contributed by atoms with E-state index in [1.165, 1.54) is 54.5 Å². The molecule has 0 saturated heterocycles. The molecule has 0 aliphatic heterocycles. The van der Waals surface area contributed by atoms with Crippen molar-refractivity contribution in [3.05, 3.63) is 11.6 Å². The molecule has 2 amide bonds. The van der Waals surface area contributed by atoms with Crippen LogP contribution < -0.4 is 20.7 Å². The first-order chi connectivity index (χ1) is 21.3. The summed E-state index contributed by atoms with van der Waals surface area (Å²) in [6, 6.07) is 0. The number of carbonyl (C=O) groups is 4. The lowest BCUT2D eigenvalue weighted by Crippen LogP contribution is -2.15. The van der Waals surface area contributed by atoms with Crippen molar-refractivity contribution < 1.29 is 62.8 Å². The fourth-order valence-corrected chi connectivity index (χ4v) is 0. The number of esters is 2. The standard InChI is InChI=1S/C5H10.2C3H7NO.2C3H6O2.C2H7NO2S.C2H7N.C2H6O3S.C2H6O2S.C2H6O/c1-4-5(2)3;2*1-3(5)4-2;2*1-3(4)5-2;1-3-6(2,4)5;1-3-2;1-5-6(2,3)4;1-5(2,3)4;1-3-2/h4H,1-3H3;2*1-2H3,(H,4,5);2*1-2H3;3H,1-2H3;3H,1-2H3;1-2H3;1-2H3;1-2H3. The lowest BCUT2D eigenvalue weighted by Gasteiger charge is -1.85. The second-order valence-corrected chi connectivity index (χ2v) is 14.2. The maximum absolute atomic E-state index is 9.89. The van der Waals surface area contributed by atoms with Crippen LogP contribution in [0.25, 0.3) is 0 Å². The summed E-state index contributed by atoms with van der Waals surface area (Å²) < 4.78 is 77.1. The lowest BCUT2D eigenvalue weighted by molar-refractivity contribution is -0.138. The van der Waals surface area contributed by atoms with E-state index < -0.39 is 30.0 Å². The zero-order valence-electron chi connectivity index (χ0n) is 33.0. The van der Waals surface area contributed by atoms with Crippen LogP contribution in [0.4, 0.5) is 0 Å². The number of allylic oxidation sites excluding steroid dienone is 2. The Hall–Kier alpha value is -2.69. The molecule has 0 rings (SSSR count). The van der Waals surface area contributed by atoms with Gasteiger partial charge in [0.05, 0.1) is 33.8 Å². The normalized spacial score (nSPS) is 8.44.